The summed E-state index contributed by atoms with van der Waals surface area (Å²) in [6, 6.07) is 15.5. The molecule has 2 N–H and O–H groups in total. The largest absolute Gasteiger partial charge is 0.376 e. The number of halogens is 1. The van der Waals surface area contributed by atoms with Crippen molar-refractivity contribution in [3.8, 4) is 0 Å². The summed E-state index contributed by atoms with van der Waals surface area (Å²) < 4.78 is 0. The van der Waals surface area contributed by atoms with Gasteiger partial charge in [0.05, 0.1) is 24.1 Å². The lowest BCUT2D eigenvalue weighted by molar-refractivity contribution is -0.129. The third-order valence-electron chi connectivity index (χ3n) is 5.02. The molecule has 4 rings (SSSR count). The number of aromatic amines is 1. The summed E-state index contributed by atoms with van der Waals surface area (Å²) in [6.07, 6.45) is 0.961. The number of hydrogen-bond donors (Lipinski definition) is 2. The van der Waals surface area contributed by atoms with Crippen LogP contribution in [0.5, 0.6) is 0 Å². The number of benzene rings is 2. The number of imidazole rings is 1. The molecule has 1 aromatic heterocycles. The Balaban J connectivity index is 1.29. The lowest BCUT2D eigenvalue weighted by Gasteiger charge is -2.22. The Morgan fingerprint density at radius 2 is 2.00 bits per heavy atom. The molecule has 0 radical (unpaired) electrons. The lowest BCUT2D eigenvalue weighted by atomic mass is 10.3. The van der Waals surface area contributed by atoms with Crippen LogP contribution in [0.2, 0.25) is 5.02 Å². The Hall–Kier alpha value is -2.57. The second-order valence-corrected chi connectivity index (χ2v) is 7.51. The van der Waals surface area contributed by atoms with E-state index in [0.29, 0.717) is 5.02 Å². The summed E-state index contributed by atoms with van der Waals surface area (Å²) in [5.41, 5.74) is 2.93. The predicted molar refractivity (Wildman–Crippen MR) is 113 cm³/mol. The number of fused-ring (bicyclic) bond motifs is 1. The third kappa shape index (κ3) is 4.64. The maximum atomic E-state index is 12.6. The highest BCUT2D eigenvalue weighted by Gasteiger charge is 2.19. The van der Waals surface area contributed by atoms with Crippen molar-refractivity contribution in [1.82, 2.24) is 19.8 Å². The monoisotopic (exact) mass is 397 g/mol. The van der Waals surface area contributed by atoms with Gasteiger partial charge in [-0.1, -0.05) is 29.8 Å². The number of carbonyl (C=O) groups is 1. The van der Waals surface area contributed by atoms with Gasteiger partial charge in [-0.15, -0.1) is 0 Å². The molecule has 0 bridgehead atoms. The van der Waals surface area contributed by atoms with Gasteiger partial charge in [0.2, 0.25) is 5.91 Å². The van der Waals surface area contributed by atoms with Gasteiger partial charge < -0.3 is 15.2 Å². The van der Waals surface area contributed by atoms with Gasteiger partial charge in [0.15, 0.2) is 0 Å². The molecule has 1 fully saturated rings. The molecule has 1 aliphatic heterocycles. The van der Waals surface area contributed by atoms with E-state index >= 15 is 0 Å². The van der Waals surface area contributed by atoms with Crippen molar-refractivity contribution in [1.29, 1.82) is 0 Å². The van der Waals surface area contributed by atoms with Crippen LogP contribution in [0.25, 0.3) is 11.0 Å². The summed E-state index contributed by atoms with van der Waals surface area (Å²) in [4.78, 5) is 24.9. The Morgan fingerprint density at radius 1 is 1.11 bits per heavy atom. The minimum atomic E-state index is 0.116. The van der Waals surface area contributed by atoms with Crippen molar-refractivity contribution in [3.63, 3.8) is 0 Å². The van der Waals surface area contributed by atoms with Gasteiger partial charge in [-0.05, 0) is 36.8 Å². The van der Waals surface area contributed by atoms with Crippen LogP contribution in [0.4, 0.5) is 5.69 Å². The van der Waals surface area contributed by atoms with E-state index in [-0.39, 0.29) is 12.5 Å². The highest BCUT2D eigenvalue weighted by Crippen LogP contribution is 2.15. The fourth-order valence-corrected chi connectivity index (χ4v) is 3.75. The molecule has 0 saturated carbocycles. The molecule has 0 aliphatic carbocycles. The molecule has 146 valence electrons. The lowest BCUT2D eigenvalue weighted by Crippen LogP contribution is -2.38. The van der Waals surface area contributed by atoms with Crippen molar-refractivity contribution >= 4 is 34.2 Å². The van der Waals surface area contributed by atoms with Gasteiger partial charge >= 0.3 is 0 Å². The summed E-state index contributed by atoms with van der Waals surface area (Å²) in [5.74, 6) is 1.09. The highest BCUT2D eigenvalue weighted by atomic mass is 35.5. The number of carbonyl (C=O) groups excluding carboxylic acids is 1. The highest BCUT2D eigenvalue weighted by molar-refractivity contribution is 6.30. The van der Waals surface area contributed by atoms with Gasteiger partial charge in [-0.25, -0.2) is 4.98 Å². The van der Waals surface area contributed by atoms with Gasteiger partial charge in [-0.3, -0.25) is 9.69 Å². The number of anilines is 1. The molecule has 1 amide bonds. The van der Waals surface area contributed by atoms with Crippen LogP contribution in [-0.2, 0) is 11.3 Å². The first kappa shape index (κ1) is 18.8. The van der Waals surface area contributed by atoms with Crippen molar-refractivity contribution in [3.05, 3.63) is 59.4 Å². The maximum Gasteiger partial charge on any atom is 0.241 e. The summed E-state index contributed by atoms with van der Waals surface area (Å²) in [6.45, 7) is 4.38. The number of aromatic nitrogens is 2. The summed E-state index contributed by atoms with van der Waals surface area (Å²) in [5, 5.41) is 3.83. The van der Waals surface area contributed by atoms with E-state index in [1.54, 1.807) is 0 Å². The van der Waals surface area contributed by atoms with Crippen LogP contribution < -0.4 is 5.32 Å². The van der Waals surface area contributed by atoms with Crippen molar-refractivity contribution in [2.24, 2.45) is 0 Å². The van der Waals surface area contributed by atoms with E-state index < -0.39 is 0 Å². The van der Waals surface area contributed by atoms with E-state index in [0.717, 1.165) is 61.7 Å². The fraction of sp³-hybridized carbons (Fsp3) is 0.333. The van der Waals surface area contributed by atoms with Crippen LogP contribution in [-0.4, -0.2) is 58.4 Å². The van der Waals surface area contributed by atoms with E-state index in [9.17, 15) is 4.79 Å². The van der Waals surface area contributed by atoms with Crippen LogP contribution >= 0.6 is 11.6 Å². The number of para-hydroxylation sites is 2. The third-order valence-corrected chi connectivity index (χ3v) is 5.26. The van der Waals surface area contributed by atoms with Gasteiger partial charge in [0, 0.05) is 36.9 Å². The number of amides is 1. The summed E-state index contributed by atoms with van der Waals surface area (Å²) in [7, 11) is 0. The fourth-order valence-electron chi connectivity index (χ4n) is 3.56. The van der Waals surface area contributed by atoms with E-state index in [1.807, 2.05) is 53.4 Å². The van der Waals surface area contributed by atoms with Crippen LogP contribution in [0.1, 0.15) is 12.2 Å². The zero-order chi connectivity index (χ0) is 19.3. The molecule has 1 saturated heterocycles. The Bertz CT molecular complexity index is 924. The standard InChI is InChI=1S/C21H24ClN5O/c22-16-5-3-6-17(13-16)23-14-21(28)27-10-4-9-26(11-12-27)15-20-24-18-7-1-2-8-19(18)25-20/h1-3,5-8,13,23H,4,9-12,14-15H2,(H,24,25). The minimum absolute atomic E-state index is 0.116. The number of hydrogen-bond acceptors (Lipinski definition) is 4. The first-order valence-corrected chi connectivity index (χ1v) is 9.98. The van der Waals surface area contributed by atoms with Crippen LogP contribution in [0.15, 0.2) is 48.5 Å². The Morgan fingerprint density at radius 3 is 2.86 bits per heavy atom. The molecule has 2 aromatic carbocycles. The molecule has 1 aliphatic rings. The summed E-state index contributed by atoms with van der Waals surface area (Å²) >= 11 is 5.99. The number of nitrogens with one attached hydrogen (secondary N) is 2. The first-order chi connectivity index (χ1) is 13.7. The van der Waals surface area contributed by atoms with E-state index in [1.165, 1.54) is 0 Å². The zero-order valence-electron chi connectivity index (χ0n) is 15.7. The first-order valence-electron chi connectivity index (χ1n) is 9.60. The van der Waals surface area contributed by atoms with Crippen LogP contribution in [0.3, 0.4) is 0 Å². The van der Waals surface area contributed by atoms with E-state index in [2.05, 4.69) is 20.2 Å². The number of rotatable bonds is 5. The van der Waals surface area contributed by atoms with Crippen molar-refractivity contribution in [2.45, 2.75) is 13.0 Å². The zero-order valence-corrected chi connectivity index (χ0v) is 16.5. The quantitative estimate of drug-likeness (QED) is 0.692. The molecule has 0 atom stereocenters. The topological polar surface area (TPSA) is 64.3 Å². The number of H-pyrrole nitrogens is 1. The molecule has 2 heterocycles. The van der Waals surface area contributed by atoms with Crippen LogP contribution in [0, 0.1) is 0 Å². The molecular formula is C21H24ClN5O. The van der Waals surface area contributed by atoms with Gasteiger partial charge in [0.25, 0.3) is 0 Å². The van der Waals surface area contributed by atoms with Gasteiger partial charge in [0.1, 0.15) is 5.82 Å². The molecule has 7 heteroatoms. The van der Waals surface area contributed by atoms with Crippen molar-refractivity contribution in [2.75, 3.05) is 38.0 Å². The second-order valence-electron chi connectivity index (χ2n) is 7.08. The predicted octanol–water partition coefficient (Wildman–Crippen LogP) is 3.36. The second kappa shape index (κ2) is 8.63. The molecular weight excluding hydrogens is 374 g/mol. The normalized spacial score (nSPS) is 15.5. The van der Waals surface area contributed by atoms with Crippen molar-refractivity contribution < 1.29 is 4.79 Å². The SMILES string of the molecule is O=C(CNc1cccc(Cl)c1)N1CCCN(Cc2nc3ccccc3[nH]2)CC1. The molecule has 28 heavy (non-hydrogen) atoms. The Kier molecular flexibility index (Phi) is 5.78. The maximum absolute atomic E-state index is 12.6. The average molecular weight is 398 g/mol. The minimum Gasteiger partial charge on any atom is -0.376 e. The van der Waals surface area contributed by atoms with Gasteiger partial charge in [-0.2, -0.15) is 0 Å². The molecule has 3 aromatic rings. The molecule has 6 nitrogen and oxygen atoms in total. The molecule has 0 spiro atoms. The average Bonchev–Trinajstić information content (AvgIpc) is 2.96. The number of nitrogens with zero attached hydrogens (tertiary/aromatic N) is 3. The molecule has 0 unspecified atom stereocenters. The smallest absolute Gasteiger partial charge is 0.241 e. The Labute approximate surface area is 169 Å². The van der Waals surface area contributed by atoms with E-state index in [4.69, 9.17) is 11.6 Å².